The number of aryl methyl sites for hydroxylation is 2. The maximum Gasteiger partial charge on any atom is 0.279 e. The van der Waals surface area contributed by atoms with Gasteiger partial charge >= 0.3 is 0 Å². The first-order valence-corrected chi connectivity index (χ1v) is 8.79. The number of amides is 2. The lowest BCUT2D eigenvalue weighted by Crippen LogP contribution is -2.41. The van der Waals surface area contributed by atoms with Crippen LogP contribution in [-0.2, 0) is 12.8 Å². The lowest BCUT2D eigenvalue weighted by Gasteiger charge is -2.08. The summed E-state index contributed by atoms with van der Waals surface area (Å²) < 4.78 is 0. The predicted molar refractivity (Wildman–Crippen MR) is 92.4 cm³/mol. The van der Waals surface area contributed by atoms with E-state index in [4.69, 9.17) is 23.2 Å². The highest BCUT2D eigenvalue weighted by atomic mass is 35.5. The zero-order valence-corrected chi connectivity index (χ0v) is 14.4. The molecule has 1 aromatic carbocycles. The van der Waals surface area contributed by atoms with Gasteiger partial charge in [-0.1, -0.05) is 23.2 Å². The molecule has 2 amide bonds. The Labute approximate surface area is 147 Å². The van der Waals surface area contributed by atoms with Crippen LogP contribution < -0.4 is 10.9 Å². The Bertz CT molecular complexity index is 750. The van der Waals surface area contributed by atoms with Gasteiger partial charge in [0, 0.05) is 10.4 Å². The first-order chi connectivity index (χ1) is 11.0. The molecule has 4 nitrogen and oxygen atoms in total. The summed E-state index contributed by atoms with van der Waals surface area (Å²) >= 11 is 13.2. The predicted octanol–water partition coefficient (Wildman–Crippen LogP) is 4.01. The van der Waals surface area contributed by atoms with Gasteiger partial charge in [0.05, 0.1) is 14.9 Å². The monoisotopic (exact) mass is 368 g/mol. The molecule has 7 heteroatoms. The number of carbonyl (C=O) groups is 2. The normalized spacial score (nSPS) is 13.3. The van der Waals surface area contributed by atoms with Crippen molar-refractivity contribution in [1.82, 2.24) is 10.9 Å². The van der Waals surface area contributed by atoms with Crippen molar-refractivity contribution in [3.05, 3.63) is 55.2 Å². The molecule has 0 radical (unpaired) electrons. The number of thiophene rings is 1. The number of benzene rings is 1. The minimum absolute atomic E-state index is 0.288. The highest BCUT2D eigenvalue weighted by molar-refractivity contribution is 7.14. The summed E-state index contributed by atoms with van der Waals surface area (Å²) in [7, 11) is 0. The van der Waals surface area contributed by atoms with E-state index in [1.54, 1.807) is 6.07 Å². The summed E-state index contributed by atoms with van der Waals surface area (Å²) in [5.41, 5.74) is 6.40. The fourth-order valence-electron chi connectivity index (χ4n) is 2.49. The Kier molecular flexibility index (Phi) is 4.90. The number of hydrazine groups is 1. The van der Waals surface area contributed by atoms with Gasteiger partial charge in [-0.25, -0.2) is 0 Å². The fourth-order valence-corrected chi connectivity index (χ4v) is 3.93. The third kappa shape index (κ3) is 3.68. The molecule has 23 heavy (non-hydrogen) atoms. The molecule has 2 N–H and O–H groups in total. The number of halogens is 2. The highest BCUT2D eigenvalue weighted by Crippen LogP contribution is 2.29. The Morgan fingerprint density at radius 1 is 0.957 bits per heavy atom. The van der Waals surface area contributed by atoms with Gasteiger partial charge in [0.15, 0.2) is 0 Å². The summed E-state index contributed by atoms with van der Waals surface area (Å²) in [6, 6.07) is 6.45. The molecular weight excluding hydrogens is 355 g/mol. The second kappa shape index (κ2) is 6.91. The smallest absolute Gasteiger partial charge is 0.267 e. The average Bonchev–Trinajstić information content (AvgIpc) is 2.99. The Morgan fingerprint density at radius 3 is 2.43 bits per heavy atom. The maximum absolute atomic E-state index is 12.2. The number of rotatable bonds is 2. The van der Waals surface area contributed by atoms with E-state index in [0.717, 1.165) is 12.8 Å². The van der Waals surface area contributed by atoms with Crippen LogP contribution >= 0.6 is 34.5 Å². The number of carbonyl (C=O) groups excluding carboxylic acids is 2. The molecule has 1 aliphatic carbocycles. The molecule has 0 unspecified atom stereocenters. The van der Waals surface area contributed by atoms with Crippen molar-refractivity contribution in [2.24, 2.45) is 0 Å². The summed E-state index contributed by atoms with van der Waals surface area (Å²) in [5.74, 6) is -0.754. The topological polar surface area (TPSA) is 58.2 Å². The van der Waals surface area contributed by atoms with E-state index in [9.17, 15) is 9.59 Å². The molecule has 120 valence electrons. The van der Waals surface area contributed by atoms with Crippen LogP contribution in [0.1, 0.15) is 43.3 Å². The number of hydrogen-bond donors (Lipinski definition) is 2. The lowest BCUT2D eigenvalue weighted by molar-refractivity contribution is 0.0849. The zero-order chi connectivity index (χ0) is 16.4. The first kappa shape index (κ1) is 16.3. The van der Waals surface area contributed by atoms with Crippen molar-refractivity contribution < 1.29 is 9.59 Å². The summed E-state index contributed by atoms with van der Waals surface area (Å²) in [4.78, 5) is 26.1. The quantitative estimate of drug-likeness (QED) is 0.786. The number of nitrogens with one attached hydrogen (secondary N) is 2. The van der Waals surface area contributed by atoms with Crippen LogP contribution in [0.15, 0.2) is 24.3 Å². The molecule has 0 saturated carbocycles. The van der Waals surface area contributed by atoms with Crippen LogP contribution in [0.4, 0.5) is 0 Å². The summed E-state index contributed by atoms with van der Waals surface area (Å²) in [5, 5.41) is 0.660. The van der Waals surface area contributed by atoms with E-state index in [-0.39, 0.29) is 10.9 Å². The van der Waals surface area contributed by atoms with Crippen molar-refractivity contribution in [2.45, 2.75) is 25.7 Å². The Morgan fingerprint density at radius 2 is 1.70 bits per heavy atom. The molecule has 1 heterocycles. The van der Waals surface area contributed by atoms with Crippen LogP contribution in [0.3, 0.4) is 0 Å². The van der Waals surface area contributed by atoms with Gasteiger partial charge in [0.2, 0.25) is 0 Å². The highest BCUT2D eigenvalue weighted by Gasteiger charge is 2.18. The van der Waals surface area contributed by atoms with Crippen LogP contribution in [0, 0.1) is 0 Å². The van der Waals surface area contributed by atoms with Crippen LogP contribution in [0.5, 0.6) is 0 Å². The molecule has 0 atom stereocenters. The van der Waals surface area contributed by atoms with Crippen LogP contribution in [-0.4, -0.2) is 11.8 Å². The van der Waals surface area contributed by atoms with Crippen LogP contribution in [0.25, 0.3) is 0 Å². The van der Waals surface area contributed by atoms with Crippen LogP contribution in [0.2, 0.25) is 10.0 Å². The van der Waals surface area contributed by atoms with E-state index in [2.05, 4.69) is 10.9 Å². The maximum atomic E-state index is 12.2. The summed E-state index contributed by atoms with van der Waals surface area (Å²) in [6.07, 6.45) is 4.39. The molecule has 0 bridgehead atoms. The minimum Gasteiger partial charge on any atom is -0.267 e. The second-order valence-corrected chi connectivity index (χ2v) is 7.25. The Balaban J connectivity index is 1.63. The van der Waals surface area contributed by atoms with Gasteiger partial charge in [-0.15, -0.1) is 11.3 Å². The average molecular weight is 369 g/mol. The molecular formula is C16H14Cl2N2O2S. The van der Waals surface area contributed by atoms with E-state index in [1.807, 2.05) is 6.07 Å². The first-order valence-electron chi connectivity index (χ1n) is 7.22. The molecule has 3 rings (SSSR count). The zero-order valence-electron chi connectivity index (χ0n) is 12.1. The van der Waals surface area contributed by atoms with Gasteiger partial charge in [-0.3, -0.25) is 20.4 Å². The molecule has 1 aromatic heterocycles. The van der Waals surface area contributed by atoms with Crippen molar-refractivity contribution in [3.63, 3.8) is 0 Å². The molecule has 0 fully saturated rings. The van der Waals surface area contributed by atoms with Crippen molar-refractivity contribution in [1.29, 1.82) is 0 Å². The van der Waals surface area contributed by atoms with E-state index >= 15 is 0 Å². The molecule has 0 spiro atoms. The molecule has 0 aliphatic heterocycles. The Hall–Kier alpha value is -1.56. The van der Waals surface area contributed by atoms with Gasteiger partial charge in [0.25, 0.3) is 11.8 Å². The van der Waals surface area contributed by atoms with E-state index < -0.39 is 5.91 Å². The second-order valence-electron chi connectivity index (χ2n) is 5.30. The van der Waals surface area contributed by atoms with Crippen molar-refractivity contribution in [3.8, 4) is 0 Å². The molecule has 1 aliphatic rings. The van der Waals surface area contributed by atoms with Gasteiger partial charge in [-0.05, 0) is 55.5 Å². The van der Waals surface area contributed by atoms with E-state index in [1.165, 1.54) is 46.8 Å². The lowest BCUT2D eigenvalue weighted by atomic mass is 9.99. The third-order valence-corrected chi connectivity index (χ3v) is 5.67. The van der Waals surface area contributed by atoms with Gasteiger partial charge in [-0.2, -0.15) is 0 Å². The standard InChI is InChI=1S/C16H14Cl2N2O2S/c17-11-6-5-10(7-12(11)18)15(21)19-20-16(22)14-8-9-3-1-2-4-13(9)23-14/h5-8H,1-4H2,(H,19,21)(H,20,22). The minimum atomic E-state index is -0.446. The number of fused-ring (bicyclic) bond motifs is 1. The number of hydrogen-bond acceptors (Lipinski definition) is 3. The van der Waals surface area contributed by atoms with E-state index in [0.29, 0.717) is 15.5 Å². The SMILES string of the molecule is O=C(NNC(=O)c1cc2c(s1)CCCC2)c1ccc(Cl)c(Cl)c1. The fraction of sp³-hybridized carbons (Fsp3) is 0.250. The summed E-state index contributed by atoms with van der Waals surface area (Å²) in [6.45, 7) is 0. The van der Waals surface area contributed by atoms with Crippen molar-refractivity contribution in [2.75, 3.05) is 0 Å². The third-order valence-electron chi connectivity index (χ3n) is 3.69. The van der Waals surface area contributed by atoms with Gasteiger partial charge in [0.1, 0.15) is 0 Å². The largest absolute Gasteiger partial charge is 0.279 e. The molecule has 2 aromatic rings. The molecule has 0 saturated heterocycles. The van der Waals surface area contributed by atoms with Gasteiger partial charge < -0.3 is 0 Å². The van der Waals surface area contributed by atoms with Crippen molar-refractivity contribution >= 4 is 46.4 Å².